The quantitative estimate of drug-likeness (QED) is 0.865. The molecule has 1 aromatic rings. The van der Waals surface area contributed by atoms with Crippen LogP contribution in [0.4, 0.5) is 0 Å². The van der Waals surface area contributed by atoms with Crippen molar-refractivity contribution in [1.82, 2.24) is 4.90 Å². The average Bonchev–Trinajstić information content (AvgIpc) is 2.86. The first-order valence-corrected chi connectivity index (χ1v) is 6.46. The molecule has 0 amide bonds. The molecule has 0 aromatic heterocycles. The molecule has 4 heteroatoms. The van der Waals surface area contributed by atoms with Crippen molar-refractivity contribution in [3.63, 3.8) is 0 Å². The molecule has 0 saturated carbocycles. The fourth-order valence-electron chi connectivity index (χ4n) is 2.71. The molecule has 100 valence electrons. The molecule has 2 rings (SSSR count). The fourth-order valence-corrected chi connectivity index (χ4v) is 2.71. The van der Waals surface area contributed by atoms with Crippen molar-refractivity contribution < 1.29 is 9.47 Å². The Morgan fingerprint density at radius 3 is 2.83 bits per heavy atom. The van der Waals surface area contributed by atoms with Crippen LogP contribution in [0.15, 0.2) is 18.2 Å². The summed E-state index contributed by atoms with van der Waals surface area (Å²) in [4.78, 5) is 2.43. The molecule has 0 radical (unpaired) electrons. The van der Waals surface area contributed by atoms with E-state index in [1.165, 1.54) is 12.0 Å². The van der Waals surface area contributed by atoms with Crippen LogP contribution in [0.25, 0.3) is 0 Å². The maximum atomic E-state index is 5.68. The summed E-state index contributed by atoms with van der Waals surface area (Å²) >= 11 is 0. The van der Waals surface area contributed by atoms with Crippen LogP contribution in [0.1, 0.15) is 24.4 Å². The summed E-state index contributed by atoms with van der Waals surface area (Å²) in [7, 11) is 3.41. The molecule has 1 fully saturated rings. The van der Waals surface area contributed by atoms with Gasteiger partial charge >= 0.3 is 0 Å². The molecule has 1 saturated heterocycles. The van der Waals surface area contributed by atoms with E-state index in [1.807, 2.05) is 12.1 Å². The van der Waals surface area contributed by atoms with Crippen LogP contribution >= 0.6 is 0 Å². The molecular weight excluding hydrogens is 228 g/mol. The maximum absolute atomic E-state index is 5.68. The SMILES string of the molecule is COc1ccc(OC)c(C2CCCN2CCN)c1. The summed E-state index contributed by atoms with van der Waals surface area (Å²) in [5, 5.41) is 0. The van der Waals surface area contributed by atoms with Gasteiger partial charge in [-0.1, -0.05) is 0 Å². The van der Waals surface area contributed by atoms with Crippen molar-refractivity contribution in [3.05, 3.63) is 23.8 Å². The fraction of sp³-hybridized carbons (Fsp3) is 0.571. The Bertz CT molecular complexity index is 395. The molecule has 0 spiro atoms. The number of rotatable bonds is 5. The highest BCUT2D eigenvalue weighted by molar-refractivity contribution is 5.42. The van der Waals surface area contributed by atoms with Crippen LogP contribution in [-0.4, -0.2) is 38.8 Å². The standard InChI is InChI=1S/C14H22N2O2/c1-17-11-5-6-14(18-2)12(10-11)13-4-3-8-16(13)9-7-15/h5-6,10,13H,3-4,7-9,15H2,1-2H3. The van der Waals surface area contributed by atoms with Crippen molar-refractivity contribution in [2.24, 2.45) is 5.73 Å². The van der Waals surface area contributed by atoms with Gasteiger partial charge in [0.1, 0.15) is 11.5 Å². The number of methoxy groups -OCH3 is 2. The Labute approximate surface area is 109 Å². The molecule has 18 heavy (non-hydrogen) atoms. The van der Waals surface area contributed by atoms with Crippen molar-refractivity contribution in [2.75, 3.05) is 33.9 Å². The minimum Gasteiger partial charge on any atom is -0.497 e. The zero-order chi connectivity index (χ0) is 13.0. The molecule has 0 aliphatic carbocycles. The van der Waals surface area contributed by atoms with Gasteiger partial charge in [0.05, 0.1) is 14.2 Å². The molecule has 1 aromatic carbocycles. The van der Waals surface area contributed by atoms with Gasteiger partial charge in [-0.3, -0.25) is 4.90 Å². The third-order valence-corrected chi connectivity index (χ3v) is 3.58. The second kappa shape index (κ2) is 6.07. The second-order valence-electron chi connectivity index (χ2n) is 4.59. The minimum atomic E-state index is 0.401. The van der Waals surface area contributed by atoms with E-state index < -0.39 is 0 Å². The molecule has 4 nitrogen and oxygen atoms in total. The predicted octanol–water partition coefficient (Wildman–Crippen LogP) is 1.80. The number of hydrogen-bond donors (Lipinski definition) is 1. The van der Waals surface area contributed by atoms with E-state index in [0.29, 0.717) is 12.6 Å². The highest BCUT2D eigenvalue weighted by Gasteiger charge is 2.27. The van der Waals surface area contributed by atoms with Crippen LogP contribution in [0.5, 0.6) is 11.5 Å². The van der Waals surface area contributed by atoms with Crippen molar-refractivity contribution in [3.8, 4) is 11.5 Å². The van der Waals surface area contributed by atoms with E-state index in [-0.39, 0.29) is 0 Å². The summed E-state index contributed by atoms with van der Waals surface area (Å²) in [5.41, 5.74) is 6.89. The minimum absolute atomic E-state index is 0.401. The summed E-state index contributed by atoms with van der Waals surface area (Å²) in [6.07, 6.45) is 2.37. The largest absolute Gasteiger partial charge is 0.497 e. The van der Waals surface area contributed by atoms with Gasteiger partial charge in [0, 0.05) is 24.7 Å². The average molecular weight is 250 g/mol. The number of likely N-dealkylation sites (tertiary alicyclic amines) is 1. The van der Waals surface area contributed by atoms with Crippen LogP contribution in [0.3, 0.4) is 0 Å². The third-order valence-electron chi connectivity index (χ3n) is 3.58. The smallest absolute Gasteiger partial charge is 0.123 e. The number of nitrogens with zero attached hydrogens (tertiary/aromatic N) is 1. The number of hydrogen-bond acceptors (Lipinski definition) is 4. The first-order valence-electron chi connectivity index (χ1n) is 6.46. The van der Waals surface area contributed by atoms with E-state index in [0.717, 1.165) is 31.0 Å². The Hall–Kier alpha value is -1.26. The lowest BCUT2D eigenvalue weighted by Crippen LogP contribution is -2.29. The van der Waals surface area contributed by atoms with E-state index in [4.69, 9.17) is 15.2 Å². The van der Waals surface area contributed by atoms with Gasteiger partial charge in [-0.2, -0.15) is 0 Å². The Morgan fingerprint density at radius 2 is 2.17 bits per heavy atom. The lowest BCUT2D eigenvalue weighted by Gasteiger charge is -2.25. The first kappa shape index (κ1) is 13.2. The first-order chi connectivity index (χ1) is 8.80. The monoisotopic (exact) mass is 250 g/mol. The number of benzene rings is 1. The lowest BCUT2D eigenvalue weighted by atomic mass is 10.0. The van der Waals surface area contributed by atoms with E-state index in [1.54, 1.807) is 14.2 Å². The Morgan fingerprint density at radius 1 is 1.33 bits per heavy atom. The van der Waals surface area contributed by atoms with Gasteiger partial charge in [-0.25, -0.2) is 0 Å². The third kappa shape index (κ3) is 2.60. The zero-order valence-electron chi connectivity index (χ0n) is 11.2. The summed E-state index contributed by atoms with van der Waals surface area (Å²) in [6, 6.07) is 6.40. The van der Waals surface area contributed by atoms with Gasteiger partial charge < -0.3 is 15.2 Å². The van der Waals surface area contributed by atoms with E-state index in [2.05, 4.69) is 11.0 Å². The molecule has 1 aliphatic rings. The van der Waals surface area contributed by atoms with Crippen LogP contribution in [0.2, 0.25) is 0 Å². The Balaban J connectivity index is 2.29. The van der Waals surface area contributed by atoms with Crippen molar-refractivity contribution >= 4 is 0 Å². The van der Waals surface area contributed by atoms with Gasteiger partial charge in [0.25, 0.3) is 0 Å². The molecule has 0 bridgehead atoms. The molecule has 1 heterocycles. The Kier molecular flexibility index (Phi) is 4.44. The van der Waals surface area contributed by atoms with E-state index in [9.17, 15) is 0 Å². The molecule has 1 unspecified atom stereocenters. The summed E-state index contributed by atoms with van der Waals surface area (Å²) < 4.78 is 10.8. The predicted molar refractivity (Wildman–Crippen MR) is 72.1 cm³/mol. The lowest BCUT2D eigenvalue weighted by molar-refractivity contribution is 0.257. The van der Waals surface area contributed by atoms with Crippen LogP contribution in [0, 0.1) is 0 Å². The highest BCUT2D eigenvalue weighted by atomic mass is 16.5. The van der Waals surface area contributed by atoms with Gasteiger partial charge in [-0.15, -0.1) is 0 Å². The molecule has 1 aliphatic heterocycles. The van der Waals surface area contributed by atoms with Crippen molar-refractivity contribution in [1.29, 1.82) is 0 Å². The van der Waals surface area contributed by atoms with Gasteiger partial charge in [0.15, 0.2) is 0 Å². The topological polar surface area (TPSA) is 47.7 Å². The maximum Gasteiger partial charge on any atom is 0.123 e. The van der Waals surface area contributed by atoms with Crippen LogP contribution in [-0.2, 0) is 0 Å². The summed E-state index contributed by atoms with van der Waals surface area (Å²) in [5.74, 6) is 1.81. The second-order valence-corrected chi connectivity index (χ2v) is 4.59. The normalized spacial score (nSPS) is 20.1. The van der Waals surface area contributed by atoms with Crippen LogP contribution < -0.4 is 15.2 Å². The van der Waals surface area contributed by atoms with Crippen molar-refractivity contribution in [2.45, 2.75) is 18.9 Å². The van der Waals surface area contributed by atoms with E-state index >= 15 is 0 Å². The highest BCUT2D eigenvalue weighted by Crippen LogP contribution is 2.38. The summed E-state index contributed by atoms with van der Waals surface area (Å²) in [6.45, 7) is 2.75. The molecule has 1 atom stereocenters. The number of ether oxygens (including phenoxy) is 2. The zero-order valence-corrected chi connectivity index (χ0v) is 11.2. The number of nitrogens with two attached hydrogens (primary N) is 1. The molecule has 2 N–H and O–H groups in total. The van der Waals surface area contributed by atoms with Gasteiger partial charge in [0.2, 0.25) is 0 Å². The molecular formula is C14H22N2O2. The van der Waals surface area contributed by atoms with Gasteiger partial charge in [-0.05, 0) is 37.6 Å².